The number of H-pyrrole nitrogens is 1. The van der Waals surface area contributed by atoms with E-state index in [-0.39, 0.29) is 12.6 Å². The summed E-state index contributed by atoms with van der Waals surface area (Å²) in [5, 5.41) is 6.28. The van der Waals surface area contributed by atoms with Crippen LogP contribution in [0.3, 0.4) is 0 Å². The normalized spacial score (nSPS) is 22.8. The topological polar surface area (TPSA) is 91.0 Å². The molecule has 1 atom stereocenters. The van der Waals surface area contributed by atoms with Crippen molar-refractivity contribution >= 4 is 10.2 Å². The third-order valence-corrected chi connectivity index (χ3v) is 4.61. The van der Waals surface area contributed by atoms with E-state index >= 15 is 0 Å². The van der Waals surface area contributed by atoms with E-state index in [1.54, 1.807) is 0 Å². The molecule has 1 aliphatic rings. The van der Waals surface area contributed by atoms with Crippen LogP contribution in [-0.2, 0) is 16.8 Å². The van der Waals surface area contributed by atoms with Crippen molar-refractivity contribution in [3.8, 4) is 0 Å². The first-order valence-electron chi connectivity index (χ1n) is 5.70. The van der Waals surface area contributed by atoms with E-state index in [2.05, 4.69) is 19.9 Å². The molecule has 2 rings (SSSR count). The van der Waals surface area contributed by atoms with Crippen LogP contribution in [0.15, 0.2) is 6.33 Å². The third-order valence-electron chi connectivity index (χ3n) is 2.94. The van der Waals surface area contributed by atoms with Gasteiger partial charge in [0.1, 0.15) is 12.2 Å². The van der Waals surface area contributed by atoms with Crippen LogP contribution in [0.2, 0.25) is 0 Å². The Labute approximate surface area is 101 Å². The highest BCUT2D eigenvalue weighted by molar-refractivity contribution is 7.87. The highest BCUT2D eigenvalue weighted by Crippen LogP contribution is 2.18. The van der Waals surface area contributed by atoms with E-state index in [1.165, 1.54) is 10.6 Å². The summed E-state index contributed by atoms with van der Waals surface area (Å²) >= 11 is 0. The number of hydrogen-bond donors (Lipinski definition) is 2. The first kappa shape index (κ1) is 12.5. The second-order valence-corrected chi connectivity index (χ2v) is 5.92. The number of rotatable bonds is 4. The van der Waals surface area contributed by atoms with Crippen LogP contribution >= 0.6 is 0 Å². The van der Waals surface area contributed by atoms with E-state index < -0.39 is 10.2 Å². The fourth-order valence-corrected chi connectivity index (χ4v) is 3.42. The molecule has 96 valence electrons. The first-order chi connectivity index (χ1) is 8.09. The molecule has 1 fully saturated rings. The van der Waals surface area contributed by atoms with Gasteiger partial charge in [0.25, 0.3) is 10.2 Å². The lowest BCUT2D eigenvalue weighted by atomic mass is 10.1. The Morgan fingerprint density at radius 1 is 1.59 bits per heavy atom. The third kappa shape index (κ3) is 3.02. The van der Waals surface area contributed by atoms with Gasteiger partial charge in [-0.25, -0.2) is 4.98 Å². The maximum absolute atomic E-state index is 12.0. The van der Waals surface area contributed by atoms with E-state index in [0.29, 0.717) is 12.4 Å². The van der Waals surface area contributed by atoms with E-state index in [9.17, 15) is 8.42 Å². The lowest BCUT2D eigenvalue weighted by Gasteiger charge is -2.32. The number of nitrogens with one attached hydrogen (secondary N) is 2. The summed E-state index contributed by atoms with van der Waals surface area (Å²) in [5.74, 6) is 0.512. The fourth-order valence-electron chi connectivity index (χ4n) is 1.99. The minimum absolute atomic E-state index is 0.0657. The summed E-state index contributed by atoms with van der Waals surface area (Å²) in [6.45, 7) is 2.67. The summed E-state index contributed by atoms with van der Waals surface area (Å²) in [4.78, 5) is 3.87. The molecule has 0 spiro atoms. The van der Waals surface area contributed by atoms with Gasteiger partial charge >= 0.3 is 0 Å². The molecule has 0 saturated carbocycles. The van der Waals surface area contributed by atoms with Gasteiger partial charge in [-0.1, -0.05) is 6.42 Å². The maximum Gasteiger partial charge on any atom is 0.280 e. The van der Waals surface area contributed by atoms with E-state index in [4.69, 9.17) is 0 Å². The molecule has 17 heavy (non-hydrogen) atoms. The summed E-state index contributed by atoms with van der Waals surface area (Å²) in [7, 11) is -3.41. The van der Waals surface area contributed by atoms with E-state index in [1.807, 2.05) is 6.92 Å². The molecule has 0 amide bonds. The van der Waals surface area contributed by atoms with Crippen LogP contribution in [0, 0.1) is 0 Å². The Bertz CT molecular complexity index is 444. The van der Waals surface area contributed by atoms with Crippen molar-refractivity contribution < 1.29 is 8.42 Å². The molecule has 1 unspecified atom stereocenters. The van der Waals surface area contributed by atoms with Crippen molar-refractivity contribution in [2.45, 2.75) is 38.8 Å². The zero-order valence-corrected chi connectivity index (χ0v) is 10.6. The Balaban J connectivity index is 1.98. The Kier molecular flexibility index (Phi) is 3.75. The highest BCUT2D eigenvalue weighted by atomic mass is 32.2. The van der Waals surface area contributed by atoms with Crippen molar-refractivity contribution in [1.29, 1.82) is 0 Å². The quantitative estimate of drug-likeness (QED) is 0.797. The van der Waals surface area contributed by atoms with Gasteiger partial charge in [0.05, 0.1) is 6.54 Å². The van der Waals surface area contributed by atoms with Gasteiger partial charge < -0.3 is 0 Å². The first-order valence-corrected chi connectivity index (χ1v) is 7.14. The maximum atomic E-state index is 12.0. The molecule has 1 aromatic heterocycles. The largest absolute Gasteiger partial charge is 0.280 e. The molecule has 1 aromatic rings. The zero-order valence-electron chi connectivity index (χ0n) is 9.76. The number of aromatic amines is 1. The van der Waals surface area contributed by atoms with Crippen LogP contribution in [0.5, 0.6) is 0 Å². The summed E-state index contributed by atoms with van der Waals surface area (Å²) in [6, 6.07) is 0.0657. The van der Waals surface area contributed by atoms with Gasteiger partial charge in [0, 0.05) is 12.6 Å². The van der Waals surface area contributed by atoms with Gasteiger partial charge in [-0.3, -0.25) is 5.10 Å². The van der Waals surface area contributed by atoms with Crippen molar-refractivity contribution in [2.75, 3.05) is 6.54 Å². The number of aromatic nitrogens is 3. The average Bonchev–Trinajstić information content (AvgIpc) is 2.80. The Hall–Kier alpha value is -0.990. The van der Waals surface area contributed by atoms with Crippen molar-refractivity contribution in [3.63, 3.8) is 0 Å². The minimum atomic E-state index is -3.41. The lowest BCUT2D eigenvalue weighted by Crippen LogP contribution is -2.47. The fraction of sp³-hybridized carbons (Fsp3) is 0.778. The number of piperidine rings is 1. The van der Waals surface area contributed by atoms with Gasteiger partial charge in [-0.15, -0.1) is 0 Å². The molecule has 1 aliphatic heterocycles. The van der Waals surface area contributed by atoms with Gasteiger partial charge in [0.2, 0.25) is 0 Å². The molecule has 1 saturated heterocycles. The molecule has 0 aromatic carbocycles. The lowest BCUT2D eigenvalue weighted by molar-refractivity contribution is 0.265. The zero-order chi connectivity index (χ0) is 12.3. The van der Waals surface area contributed by atoms with Gasteiger partial charge in [-0.2, -0.15) is 22.5 Å². The van der Waals surface area contributed by atoms with Crippen LogP contribution < -0.4 is 4.72 Å². The monoisotopic (exact) mass is 259 g/mol. The minimum Gasteiger partial charge on any atom is -0.262 e. The smallest absolute Gasteiger partial charge is 0.262 e. The summed E-state index contributed by atoms with van der Waals surface area (Å²) < 4.78 is 28.1. The molecular weight excluding hydrogens is 242 g/mol. The second kappa shape index (κ2) is 5.11. The van der Waals surface area contributed by atoms with Crippen molar-refractivity contribution in [1.82, 2.24) is 24.2 Å². The molecule has 7 nitrogen and oxygen atoms in total. The average molecular weight is 259 g/mol. The van der Waals surface area contributed by atoms with Crippen LogP contribution in [0.4, 0.5) is 0 Å². The predicted octanol–water partition coefficient (Wildman–Crippen LogP) is 0.0135. The number of hydrogen-bond acceptors (Lipinski definition) is 4. The molecule has 2 heterocycles. The molecule has 0 bridgehead atoms. The van der Waals surface area contributed by atoms with Crippen LogP contribution in [-0.4, -0.2) is 40.5 Å². The predicted molar refractivity (Wildman–Crippen MR) is 62.2 cm³/mol. The summed E-state index contributed by atoms with van der Waals surface area (Å²) in [5.41, 5.74) is 0. The Morgan fingerprint density at radius 3 is 3.06 bits per heavy atom. The van der Waals surface area contributed by atoms with Crippen molar-refractivity contribution in [2.24, 2.45) is 0 Å². The second-order valence-electron chi connectivity index (χ2n) is 4.21. The SMILES string of the molecule is CC1CCCCN1S(=O)(=O)NCc1ncn[nH]1. The molecule has 0 aliphatic carbocycles. The number of nitrogens with zero attached hydrogens (tertiary/aromatic N) is 3. The summed E-state index contributed by atoms with van der Waals surface area (Å²) in [6.07, 6.45) is 4.29. The highest BCUT2D eigenvalue weighted by Gasteiger charge is 2.29. The van der Waals surface area contributed by atoms with Crippen LogP contribution in [0.1, 0.15) is 32.0 Å². The van der Waals surface area contributed by atoms with Crippen LogP contribution in [0.25, 0.3) is 0 Å². The molecule has 0 radical (unpaired) electrons. The van der Waals surface area contributed by atoms with E-state index in [0.717, 1.165) is 19.3 Å². The molecular formula is C9H17N5O2S. The van der Waals surface area contributed by atoms with Gasteiger partial charge in [-0.05, 0) is 19.8 Å². The molecule has 2 N–H and O–H groups in total. The Morgan fingerprint density at radius 2 is 2.41 bits per heavy atom. The standard InChI is InChI=1S/C9H17N5O2S/c1-8-4-2-3-5-14(8)17(15,16)12-6-9-10-7-11-13-9/h7-8,12H,2-6H2,1H3,(H,10,11,13). The van der Waals surface area contributed by atoms with Gasteiger partial charge in [0.15, 0.2) is 0 Å². The molecule has 8 heteroatoms. The van der Waals surface area contributed by atoms with Crippen molar-refractivity contribution in [3.05, 3.63) is 12.2 Å².